The summed E-state index contributed by atoms with van der Waals surface area (Å²) in [5, 5.41) is 0. The van der Waals surface area contributed by atoms with Gasteiger partial charge in [-0.25, -0.2) is 24.1 Å². The summed E-state index contributed by atoms with van der Waals surface area (Å²) in [5.74, 6) is -0.534. The first-order valence-corrected chi connectivity index (χ1v) is 12.1. The van der Waals surface area contributed by atoms with Crippen LogP contribution in [0.4, 0.5) is 4.39 Å². The summed E-state index contributed by atoms with van der Waals surface area (Å²) < 4.78 is 35.2. The summed E-state index contributed by atoms with van der Waals surface area (Å²) in [5.41, 5.74) is -1.79. The number of benzene rings is 1. The van der Waals surface area contributed by atoms with Crippen LogP contribution in [0.5, 0.6) is 0 Å². The largest absolute Gasteiger partial charge is 0.459 e. The van der Waals surface area contributed by atoms with Crippen LogP contribution in [0, 0.1) is 5.92 Å². The number of halogens is 1. The number of carbonyl (C=O) groups excluding carboxylic acids is 2. The number of aromatic nitrogens is 4. The van der Waals surface area contributed by atoms with E-state index in [-0.39, 0.29) is 6.61 Å². The van der Waals surface area contributed by atoms with Crippen molar-refractivity contribution in [2.45, 2.75) is 70.1 Å². The zero-order valence-electron chi connectivity index (χ0n) is 20.5. The SMILES string of the molecule is CC(=O)OC1(C)[C@@H](COC(=O)c2ccccc2)OC(n2cnc3c(CCC4CC4)ncnc32)[C@]1(C)F. The van der Waals surface area contributed by atoms with E-state index in [9.17, 15) is 9.59 Å². The van der Waals surface area contributed by atoms with Crippen LogP contribution in [0.1, 0.15) is 62.3 Å². The third-order valence-corrected chi connectivity index (χ3v) is 7.25. The maximum absolute atomic E-state index is 16.6. The van der Waals surface area contributed by atoms with Gasteiger partial charge in [-0.3, -0.25) is 9.36 Å². The standard InChI is InChI=1S/C26H29FN4O5/c1-16(32)36-26(3)20(13-34-23(33)18-7-5-4-6-8-18)35-24(25(26,2)27)31-15-30-21-19(12-11-17-9-10-17)28-14-29-22(21)31/h4-8,14-15,17,20,24H,9-13H2,1-3H3/t20-,24?,25+,26?/m1/s1. The monoisotopic (exact) mass is 496 g/mol. The molecule has 36 heavy (non-hydrogen) atoms. The third-order valence-electron chi connectivity index (χ3n) is 7.25. The predicted molar refractivity (Wildman–Crippen MR) is 127 cm³/mol. The van der Waals surface area contributed by atoms with Crippen molar-refractivity contribution >= 4 is 23.1 Å². The van der Waals surface area contributed by atoms with E-state index in [1.54, 1.807) is 30.3 Å². The fraction of sp³-hybridized carbons (Fsp3) is 0.500. The Morgan fingerprint density at radius 3 is 2.61 bits per heavy atom. The molecule has 1 aromatic carbocycles. The minimum Gasteiger partial charge on any atom is -0.459 e. The number of esters is 2. The van der Waals surface area contributed by atoms with Gasteiger partial charge in [-0.05, 0) is 44.7 Å². The molecule has 0 radical (unpaired) electrons. The Morgan fingerprint density at radius 2 is 1.92 bits per heavy atom. The Balaban J connectivity index is 1.44. The average molecular weight is 497 g/mol. The molecule has 2 aliphatic rings. The lowest BCUT2D eigenvalue weighted by atomic mass is 9.84. The lowest BCUT2D eigenvalue weighted by Crippen LogP contribution is -2.55. The first kappa shape index (κ1) is 24.3. The van der Waals surface area contributed by atoms with Crippen molar-refractivity contribution in [1.82, 2.24) is 19.5 Å². The number of hydrogen-bond acceptors (Lipinski definition) is 8. The summed E-state index contributed by atoms with van der Waals surface area (Å²) in [6, 6.07) is 8.44. The van der Waals surface area contributed by atoms with Crippen molar-refractivity contribution in [1.29, 1.82) is 0 Å². The van der Waals surface area contributed by atoms with Gasteiger partial charge in [0.15, 0.2) is 23.1 Å². The van der Waals surface area contributed by atoms with E-state index in [0.717, 1.165) is 24.5 Å². The minimum atomic E-state index is -2.21. The molecule has 0 bridgehead atoms. The van der Waals surface area contributed by atoms with E-state index in [2.05, 4.69) is 15.0 Å². The van der Waals surface area contributed by atoms with E-state index in [4.69, 9.17) is 14.2 Å². The van der Waals surface area contributed by atoms with Gasteiger partial charge in [-0.2, -0.15) is 0 Å². The number of fused-ring (bicyclic) bond motifs is 1. The van der Waals surface area contributed by atoms with Crippen molar-refractivity contribution < 1.29 is 28.2 Å². The number of hydrogen-bond donors (Lipinski definition) is 0. The summed E-state index contributed by atoms with van der Waals surface area (Å²) in [6.45, 7) is 3.64. The highest BCUT2D eigenvalue weighted by molar-refractivity contribution is 5.89. The first-order valence-electron chi connectivity index (χ1n) is 12.1. The number of carbonyl (C=O) groups is 2. The van der Waals surface area contributed by atoms with Gasteiger partial charge in [0.25, 0.3) is 0 Å². The zero-order valence-corrected chi connectivity index (χ0v) is 20.5. The lowest BCUT2D eigenvalue weighted by molar-refractivity contribution is -0.175. The van der Waals surface area contributed by atoms with Crippen molar-refractivity contribution in [3.05, 3.63) is 54.2 Å². The predicted octanol–water partition coefficient (Wildman–Crippen LogP) is 3.97. The maximum atomic E-state index is 16.6. The van der Waals surface area contributed by atoms with Crippen LogP contribution in [-0.4, -0.2) is 55.4 Å². The van der Waals surface area contributed by atoms with Crippen LogP contribution in [0.2, 0.25) is 0 Å². The molecule has 3 heterocycles. The average Bonchev–Trinajstić information content (AvgIpc) is 3.55. The molecule has 3 aromatic rings. The molecule has 190 valence electrons. The Kier molecular flexibility index (Phi) is 6.23. The van der Waals surface area contributed by atoms with Crippen LogP contribution in [0.15, 0.2) is 43.0 Å². The van der Waals surface area contributed by atoms with Crippen molar-refractivity contribution in [2.24, 2.45) is 5.92 Å². The Morgan fingerprint density at radius 1 is 1.17 bits per heavy atom. The molecule has 0 N–H and O–H groups in total. The van der Waals surface area contributed by atoms with E-state index in [0.29, 0.717) is 16.7 Å². The summed E-state index contributed by atoms with van der Waals surface area (Å²) in [4.78, 5) is 37.7. The fourth-order valence-corrected chi connectivity index (χ4v) is 4.77. The van der Waals surface area contributed by atoms with Gasteiger partial charge in [0.2, 0.25) is 0 Å². The highest BCUT2D eigenvalue weighted by Crippen LogP contribution is 2.51. The molecule has 1 aliphatic carbocycles. The van der Waals surface area contributed by atoms with Gasteiger partial charge in [0, 0.05) is 6.92 Å². The number of ether oxygens (including phenoxy) is 3. The smallest absolute Gasteiger partial charge is 0.338 e. The molecule has 0 amide bonds. The molecule has 2 unspecified atom stereocenters. The van der Waals surface area contributed by atoms with Crippen molar-refractivity contribution in [3.63, 3.8) is 0 Å². The van der Waals surface area contributed by atoms with Crippen LogP contribution < -0.4 is 0 Å². The van der Waals surface area contributed by atoms with Gasteiger partial charge in [0.05, 0.1) is 17.6 Å². The molecule has 2 aromatic heterocycles. The number of rotatable bonds is 8. The molecule has 5 rings (SSSR count). The molecular formula is C26H29FN4O5. The maximum Gasteiger partial charge on any atom is 0.338 e. The second-order valence-corrected chi connectivity index (χ2v) is 9.84. The number of imidazole rings is 1. The molecule has 1 saturated carbocycles. The molecule has 1 aliphatic heterocycles. The summed E-state index contributed by atoms with van der Waals surface area (Å²) in [7, 11) is 0. The number of alkyl halides is 1. The van der Waals surface area contributed by atoms with Gasteiger partial charge >= 0.3 is 11.9 Å². The molecular weight excluding hydrogens is 467 g/mol. The highest BCUT2D eigenvalue weighted by Gasteiger charge is 2.66. The molecule has 4 atom stereocenters. The van der Waals surface area contributed by atoms with Crippen LogP contribution in [0.3, 0.4) is 0 Å². The second kappa shape index (κ2) is 9.24. The van der Waals surface area contributed by atoms with Crippen LogP contribution >= 0.6 is 0 Å². The minimum absolute atomic E-state index is 0.318. The molecule has 1 saturated heterocycles. The molecule has 2 fully saturated rings. The van der Waals surface area contributed by atoms with E-state index in [1.807, 2.05) is 0 Å². The Bertz CT molecular complexity index is 1280. The van der Waals surface area contributed by atoms with Gasteiger partial charge in [0.1, 0.15) is 24.6 Å². The highest BCUT2D eigenvalue weighted by atomic mass is 19.1. The van der Waals surface area contributed by atoms with Gasteiger partial charge in [-0.15, -0.1) is 0 Å². The van der Waals surface area contributed by atoms with Crippen molar-refractivity contribution in [3.8, 4) is 0 Å². The normalized spacial score (nSPS) is 27.8. The molecule has 0 spiro atoms. The first-order chi connectivity index (χ1) is 17.2. The third kappa shape index (κ3) is 4.34. The van der Waals surface area contributed by atoms with Gasteiger partial charge < -0.3 is 14.2 Å². The second-order valence-electron chi connectivity index (χ2n) is 9.84. The van der Waals surface area contributed by atoms with E-state index in [1.165, 1.54) is 50.8 Å². The Hall–Kier alpha value is -3.40. The zero-order chi connectivity index (χ0) is 25.5. The van der Waals surface area contributed by atoms with Crippen molar-refractivity contribution in [2.75, 3.05) is 6.61 Å². The fourth-order valence-electron chi connectivity index (χ4n) is 4.77. The van der Waals surface area contributed by atoms with Gasteiger partial charge in [-0.1, -0.05) is 31.0 Å². The Labute approximate surface area is 208 Å². The topological polar surface area (TPSA) is 105 Å². The van der Waals surface area contributed by atoms with Crippen LogP contribution in [0.25, 0.3) is 11.2 Å². The number of nitrogens with zero attached hydrogens (tertiary/aromatic N) is 4. The molecule has 10 heteroatoms. The van der Waals surface area contributed by atoms with E-state index < -0.39 is 35.5 Å². The van der Waals surface area contributed by atoms with Crippen LogP contribution in [-0.2, 0) is 25.4 Å². The van der Waals surface area contributed by atoms with E-state index >= 15 is 4.39 Å². The lowest BCUT2D eigenvalue weighted by Gasteiger charge is -2.36. The summed E-state index contributed by atoms with van der Waals surface area (Å²) in [6.07, 6.45) is 4.86. The summed E-state index contributed by atoms with van der Waals surface area (Å²) >= 11 is 0. The molecule has 9 nitrogen and oxygen atoms in total. The quantitative estimate of drug-likeness (QED) is 0.432. The number of aryl methyl sites for hydroxylation is 1.